The van der Waals surface area contributed by atoms with Gasteiger partial charge in [0, 0.05) is 25.9 Å². The highest BCUT2D eigenvalue weighted by molar-refractivity contribution is 7.99. The molecule has 0 bridgehead atoms. The molecule has 0 radical (unpaired) electrons. The van der Waals surface area contributed by atoms with Crippen molar-refractivity contribution in [3.63, 3.8) is 0 Å². The highest BCUT2D eigenvalue weighted by Crippen LogP contribution is 2.26. The molecule has 13 heteroatoms. The molecule has 2 aromatic rings. The molecule has 33 heavy (non-hydrogen) atoms. The number of pyridine rings is 1. The van der Waals surface area contributed by atoms with Crippen LogP contribution in [0.4, 0.5) is 10.6 Å². The van der Waals surface area contributed by atoms with Crippen molar-refractivity contribution >= 4 is 46.9 Å². The maximum atomic E-state index is 12.6. The fraction of sp³-hybridized carbons (Fsp3) is 0.550. The quantitative estimate of drug-likeness (QED) is 0.475. The molecule has 11 nitrogen and oxygen atoms in total. The van der Waals surface area contributed by atoms with E-state index in [1.165, 1.54) is 11.1 Å². The van der Waals surface area contributed by atoms with Gasteiger partial charge in [0.2, 0.25) is 5.16 Å². The van der Waals surface area contributed by atoms with Gasteiger partial charge in [0.05, 0.1) is 6.20 Å². The first-order valence-corrected chi connectivity index (χ1v) is 12.1. The van der Waals surface area contributed by atoms with Crippen LogP contribution >= 0.6 is 24.0 Å². The van der Waals surface area contributed by atoms with Crippen LogP contribution in [0.15, 0.2) is 23.5 Å². The largest absolute Gasteiger partial charge is 0.415 e. The topological polar surface area (TPSA) is 118 Å². The molecule has 0 saturated carbocycles. The standard InChI is InChI=1S/C20H26N8O3S2/c1-12(2)16-17(29)28(18(32)22-16)15-5-4-14(10-21-15)31-20(30)27-8-6-13(7-9-27)11-33-19-23-24-25-26(19)3/h4-5,10,12-13,16H,6-9,11H2,1-3H3,(H,22,32). The zero-order valence-electron chi connectivity index (χ0n) is 18.7. The van der Waals surface area contributed by atoms with Gasteiger partial charge < -0.3 is 15.0 Å². The first-order valence-electron chi connectivity index (χ1n) is 10.8. The van der Waals surface area contributed by atoms with Gasteiger partial charge in [-0.2, -0.15) is 0 Å². The first-order chi connectivity index (χ1) is 15.8. The number of thioether (sulfide) groups is 1. The van der Waals surface area contributed by atoms with E-state index in [1.807, 2.05) is 20.9 Å². The number of amides is 2. The number of carbonyl (C=O) groups is 2. The predicted molar refractivity (Wildman–Crippen MR) is 126 cm³/mol. The van der Waals surface area contributed by atoms with E-state index >= 15 is 0 Å². The van der Waals surface area contributed by atoms with E-state index in [0.717, 1.165) is 23.8 Å². The van der Waals surface area contributed by atoms with Crippen molar-refractivity contribution in [1.29, 1.82) is 0 Å². The van der Waals surface area contributed by atoms with Crippen LogP contribution in [-0.4, -0.2) is 72.1 Å². The van der Waals surface area contributed by atoms with Gasteiger partial charge in [-0.05, 0) is 59.5 Å². The smallest absolute Gasteiger partial charge is 0.409 e. The summed E-state index contributed by atoms with van der Waals surface area (Å²) in [5, 5.41) is 15.6. The first kappa shape index (κ1) is 23.4. The van der Waals surface area contributed by atoms with Crippen LogP contribution < -0.4 is 15.0 Å². The minimum Gasteiger partial charge on any atom is -0.409 e. The van der Waals surface area contributed by atoms with Gasteiger partial charge in [-0.3, -0.25) is 4.79 Å². The number of carbonyl (C=O) groups excluding carboxylic acids is 2. The number of aromatic nitrogens is 5. The molecule has 4 rings (SSSR count). The van der Waals surface area contributed by atoms with Gasteiger partial charge in [0.15, 0.2) is 10.9 Å². The Morgan fingerprint density at radius 1 is 1.33 bits per heavy atom. The minimum absolute atomic E-state index is 0.104. The Morgan fingerprint density at radius 3 is 2.67 bits per heavy atom. The highest BCUT2D eigenvalue weighted by atomic mass is 32.2. The lowest BCUT2D eigenvalue weighted by molar-refractivity contribution is -0.119. The van der Waals surface area contributed by atoms with Gasteiger partial charge in [0.25, 0.3) is 5.91 Å². The second-order valence-corrected chi connectivity index (χ2v) is 9.77. The number of hydrogen-bond acceptors (Lipinski definition) is 9. The molecule has 2 fully saturated rings. The van der Waals surface area contributed by atoms with Crippen molar-refractivity contribution in [1.82, 2.24) is 35.4 Å². The summed E-state index contributed by atoms with van der Waals surface area (Å²) >= 11 is 6.92. The second-order valence-electron chi connectivity index (χ2n) is 8.39. The summed E-state index contributed by atoms with van der Waals surface area (Å²) < 4.78 is 7.15. The summed E-state index contributed by atoms with van der Waals surface area (Å²) in [5.41, 5.74) is 0. The summed E-state index contributed by atoms with van der Waals surface area (Å²) in [6.07, 6.45) is 2.82. The number of piperidine rings is 1. The van der Waals surface area contributed by atoms with E-state index in [-0.39, 0.29) is 17.9 Å². The molecule has 0 aromatic carbocycles. The number of nitrogens with one attached hydrogen (secondary N) is 1. The zero-order chi connectivity index (χ0) is 23.5. The van der Waals surface area contributed by atoms with Gasteiger partial charge >= 0.3 is 6.09 Å². The molecule has 1 atom stereocenters. The van der Waals surface area contributed by atoms with Crippen LogP contribution in [0.3, 0.4) is 0 Å². The van der Waals surface area contributed by atoms with Crippen LogP contribution in [0.2, 0.25) is 0 Å². The van der Waals surface area contributed by atoms with Gasteiger partial charge in [-0.15, -0.1) is 5.10 Å². The monoisotopic (exact) mass is 490 g/mol. The third kappa shape index (κ3) is 5.24. The maximum Gasteiger partial charge on any atom is 0.415 e. The molecule has 0 aliphatic carbocycles. The number of hydrogen-bond donors (Lipinski definition) is 1. The summed E-state index contributed by atoms with van der Waals surface area (Å²) in [6.45, 7) is 5.17. The lowest BCUT2D eigenvalue weighted by atomic mass is 9.99. The lowest BCUT2D eigenvalue weighted by Gasteiger charge is -2.30. The van der Waals surface area contributed by atoms with E-state index in [9.17, 15) is 9.59 Å². The number of tetrazole rings is 1. The summed E-state index contributed by atoms with van der Waals surface area (Å²) in [6, 6.07) is 2.88. The number of ether oxygens (including phenoxy) is 1. The molecule has 2 aliphatic heterocycles. The molecule has 2 saturated heterocycles. The fourth-order valence-electron chi connectivity index (χ4n) is 3.72. The summed E-state index contributed by atoms with van der Waals surface area (Å²) in [7, 11) is 1.82. The molecule has 2 amide bonds. The van der Waals surface area contributed by atoms with Gasteiger partial charge in [-0.25, -0.2) is 19.4 Å². The second kappa shape index (κ2) is 10.00. The van der Waals surface area contributed by atoms with Crippen molar-refractivity contribution in [2.75, 3.05) is 23.7 Å². The van der Waals surface area contributed by atoms with E-state index < -0.39 is 6.09 Å². The zero-order valence-corrected chi connectivity index (χ0v) is 20.3. The number of aryl methyl sites for hydroxylation is 1. The average Bonchev–Trinajstić information content (AvgIpc) is 3.35. The summed E-state index contributed by atoms with van der Waals surface area (Å²) in [4.78, 5) is 32.6. The molecule has 176 valence electrons. The fourth-order valence-corrected chi connectivity index (χ4v) is 5.06. The van der Waals surface area contributed by atoms with Crippen molar-refractivity contribution in [3.05, 3.63) is 18.3 Å². The third-order valence-corrected chi connectivity index (χ3v) is 7.23. The van der Waals surface area contributed by atoms with Crippen molar-refractivity contribution in [2.45, 2.75) is 37.9 Å². The number of rotatable bonds is 6. The van der Waals surface area contributed by atoms with Crippen molar-refractivity contribution in [2.24, 2.45) is 18.9 Å². The number of thiocarbonyl (C=S) groups is 1. The molecule has 1 unspecified atom stereocenters. The Balaban J connectivity index is 1.27. The van der Waals surface area contributed by atoms with Crippen molar-refractivity contribution in [3.8, 4) is 5.75 Å². The van der Waals surface area contributed by atoms with E-state index in [4.69, 9.17) is 17.0 Å². The van der Waals surface area contributed by atoms with Crippen LogP contribution in [0.25, 0.3) is 0 Å². The lowest BCUT2D eigenvalue weighted by Crippen LogP contribution is -2.40. The normalized spacial score (nSPS) is 19.3. The van der Waals surface area contributed by atoms with Crippen LogP contribution in [-0.2, 0) is 11.8 Å². The Kier molecular flexibility index (Phi) is 7.08. The summed E-state index contributed by atoms with van der Waals surface area (Å²) in [5.74, 6) is 2.09. The van der Waals surface area contributed by atoms with E-state index in [2.05, 4.69) is 25.8 Å². The number of nitrogens with zero attached hydrogens (tertiary/aromatic N) is 7. The molecule has 4 heterocycles. The Morgan fingerprint density at radius 2 is 2.09 bits per heavy atom. The van der Waals surface area contributed by atoms with Crippen LogP contribution in [0.1, 0.15) is 26.7 Å². The van der Waals surface area contributed by atoms with Crippen LogP contribution in [0, 0.1) is 11.8 Å². The number of likely N-dealkylation sites (tertiary alicyclic amines) is 1. The molecule has 2 aliphatic rings. The van der Waals surface area contributed by atoms with Crippen molar-refractivity contribution < 1.29 is 14.3 Å². The van der Waals surface area contributed by atoms with Gasteiger partial charge in [0.1, 0.15) is 11.9 Å². The molecule has 2 aromatic heterocycles. The SMILES string of the molecule is CC(C)C1NC(=S)N(c2ccc(OC(=O)N3CCC(CSc4nnnn4C)CC3)cn2)C1=O. The highest BCUT2D eigenvalue weighted by Gasteiger charge is 2.38. The van der Waals surface area contributed by atoms with Gasteiger partial charge in [-0.1, -0.05) is 25.6 Å². The maximum absolute atomic E-state index is 12.6. The van der Waals surface area contributed by atoms with E-state index in [1.54, 1.807) is 33.5 Å². The molecule has 0 spiro atoms. The third-order valence-electron chi connectivity index (χ3n) is 5.69. The molecular formula is C20H26N8O3S2. The number of anilines is 1. The van der Waals surface area contributed by atoms with Crippen LogP contribution in [0.5, 0.6) is 5.75 Å². The predicted octanol–water partition coefficient (Wildman–Crippen LogP) is 1.85. The minimum atomic E-state index is -0.400. The average molecular weight is 491 g/mol. The van der Waals surface area contributed by atoms with E-state index in [0.29, 0.717) is 35.7 Å². The Labute approximate surface area is 201 Å². The Hall–Kier alpha value is -2.80. The molecule has 1 N–H and O–H groups in total. The molecular weight excluding hydrogens is 464 g/mol. The Bertz CT molecular complexity index is 1020.